The molecule has 0 aromatic heterocycles. The highest BCUT2D eigenvalue weighted by Crippen LogP contribution is 2.12. The molecule has 1 fully saturated rings. The fraction of sp³-hybridized carbons (Fsp3) is 0.933. The second-order valence-corrected chi connectivity index (χ2v) is 6.10. The van der Waals surface area contributed by atoms with Crippen molar-refractivity contribution in [2.45, 2.75) is 65.0 Å². The first-order valence-corrected chi connectivity index (χ1v) is 7.78. The number of nitrogens with zero attached hydrogens (tertiary/aromatic N) is 1. The number of likely N-dealkylation sites (N-methyl/N-ethyl adjacent to an activating group) is 1. The topological polar surface area (TPSA) is 44.4 Å². The lowest BCUT2D eigenvalue weighted by Crippen LogP contribution is -2.56. The van der Waals surface area contributed by atoms with Gasteiger partial charge in [-0.2, -0.15) is 0 Å². The van der Waals surface area contributed by atoms with E-state index in [2.05, 4.69) is 22.5 Å². The van der Waals surface area contributed by atoms with Gasteiger partial charge in [-0.3, -0.25) is 4.79 Å². The highest BCUT2D eigenvalue weighted by Gasteiger charge is 2.29. The van der Waals surface area contributed by atoms with Gasteiger partial charge in [-0.25, -0.2) is 0 Å². The molecule has 0 aromatic rings. The van der Waals surface area contributed by atoms with E-state index in [4.69, 9.17) is 0 Å². The van der Waals surface area contributed by atoms with Crippen molar-refractivity contribution in [1.29, 1.82) is 0 Å². The van der Waals surface area contributed by atoms with Crippen molar-refractivity contribution in [2.75, 3.05) is 26.2 Å². The van der Waals surface area contributed by atoms with Crippen LogP contribution in [0.15, 0.2) is 0 Å². The molecule has 112 valence electrons. The van der Waals surface area contributed by atoms with Gasteiger partial charge < -0.3 is 15.5 Å². The number of hydrogen-bond acceptors (Lipinski definition) is 3. The zero-order chi connectivity index (χ0) is 14.3. The lowest BCUT2D eigenvalue weighted by atomic mass is 10.0. The van der Waals surface area contributed by atoms with Crippen molar-refractivity contribution in [1.82, 2.24) is 15.5 Å². The summed E-state index contributed by atoms with van der Waals surface area (Å²) in [5.74, 6) is 0.126. The first kappa shape index (κ1) is 16.4. The quantitative estimate of drug-likeness (QED) is 0.740. The standard InChI is InChI=1S/C15H31N3O/c1-5-7-10-18-11-8-13(9-12-18)17-14(19)15(3,4)16-6-2/h13,16H,5-12H2,1-4H3,(H,17,19). The van der Waals surface area contributed by atoms with Crippen LogP contribution < -0.4 is 10.6 Å². The minimum Gasteiger partial charge on any atom is -0.352 e. The zero-order valence-corrected chi connectivity index (χ0v) is 13.1. The van der Waals surface area contributed by atoms with E-state index in [1.54, 1.807) is 0 Å². The molecule has 0 atom stereocenters. The first-order chi connectivity index (χ1) is 8.99. The number of likely N-dealkylation sites (tertiary alicyclic amines) is 1. The molecule has 1 heterocycles. The molecule has 1 aliphatic heterocycles. The molecule has 0 unspecified atom stereocenters. The normalized spacial score (nSPS) is 18.5. The number of amides is 1. The van der Waals surface area contributed by atoms with E-state index in [1.165, 1.54) is 19.4 Å². The molecular weight excluding hydrogens is 238 g/mol. The monoisotopic (exact) mass is 269 g/mol. The third kappa shape index (κ3) is 5.49. The van der Waals surface area contributed by atoms with Gasteiger partial charge in [-0.15, -0.1) is 0 Å². The van der Waals surface area contributed by atoms with Gasteiger partial charge >= 0.3 is 0 Å². The molecule has 19 heavy (non-hydrogen) atoms. The zero-order valence-electron chi connectivity index (χ0n) is 13.1. The Morgan fingerprint density at radius 1 is 1.26 bits per heavy atom. The number of piperidine rings is 1. The molecule has 4 nitrogen and oxygen atoms in total. The van der Waals surface area contributed by atoms with Crippen LogP contribution >= 0.6 is 0 Å². The van der Waals surface area contributed by atoms with Gasteiger partial charge in [-0.05, 0) is 46.2 Å². The van der Waals surface area contributed by atoms with E-state index in [0.717, 1.165) is 32.5 Å². The number of rotatable bonds is 7. The maximum absolute atomic E-state index is 12.2. The van der Waals surface area contributed by atoms with Crippen molar-refractivity contribution in [3.05, 3.63) is 0 Å². The molecule has 0 aromatic carbocycles. The summed E-state index contributed by atoms with van der Waals surface area (Å²) in [5, 5.41) is 6.42. The Morgan fingerprint density at radius 2 is 1.89 bits per heavy atom. The van der Waals surface area contributed by atoms with E-state index in [0.29, 0.717) is 6.04 Å². The van der Waals surface area contributed by atoms with Gasteiger partial charge in [0.2, 0.25) is 5.91 Å². The Hall–Kier alpha value is -0.610. The average molecular weight is 269 g/mol. The van der Waals surface area contributed by atoms with E-state index in [9.17, 15) is 4.79 Å². The van der Waals surface area contributed by atoms with Crippen molar-refractivity contribution in [2.24, 2.45) is 0 Å². The van der Waals surface area contributed by atoms with Gasteiger partial charge in [0.05, 0.1) is 5.54 Å². The Kier molecular flexibility index (Phi) is 6.80. The van der Waals surface area contributed by atoms with Crippen LogP contribution in [0.4, 0.5) is 0 Å². The van der Waals surface area contributed by atoms with E-state index >= 15 is 0 Å². The predicted octanol–water partition coefficient (Wildman–Crippen LogP) is 1.76. The van der Waals surface area contributed by atoms with Gasteiger partial charge in [-0.1, -0.05) is 20.3 Å². The number of nitrogens with one attached hydrogen (secondary N) is 2. The van der Waals surface area contributed by atoms with Crippen LogP contribution in [0.25, 0.3) is 0 Å². The van der Waals surface area contributed by atoms with Crippen LogP contribution in [0.3, 0.4) is 0 Å². The maximum Gasteiger partial charge on any atom is 0.239 e. The highest BCUT2D eigenvalue weighted by atomic mass is 16.2. The van der Waals surface area contributed by atoms with E-state index in [-0.39, 0.29) is 5.91 Å². The number of hydrogen-bond donors (Lipinski definition) is 2. The number of unbranched alkanes of at least 4 members (excludes halogenated alkanes) is 1. The fourth-order valence-corrected chi connectivity index (χ4v) is 2.57. The summed E-state index contributed by atoms with van der Waals surface area (Å²) in [6.07, 6.45) is 4.70. The molecular formula is C15H31N3O. The highest BCUT2D eigenvalue weighted by molar-refractivity contribution is 5.85. The molecule has 1 aliphatic rings. The molecule has 0 aliphatic carbocycles. The summed E-state index contributed by atoms with van der Waals surface area (Å²) >= 11 is 0. The average Bonchev–Trinajstić information content (AvgIpc) is 2.38. The summed E-state index contributed by atoms with van der Waals surface area (Å²) in [4.78, 5) is 14.7. The molecule has 0 radical (unpaired) electrons. The van der Waals surface area contributed by atoms with E-state index < -0.39 is 5.54 Å². The smallest absolute Gasteiger partial charge is 0.239 e. The van der Waals surface area contributed by atoms with Crippen LogP contribution in [0, 0.1) is 0 Å². The largest absolute Gasteiger partial charge is 0.352 e. The second-order valence-electron chi connectivity index (χ2n) is 6.10. The molecule has 0 spiro atoms. The van der Waals surface area contributed by atoms with Crippen LogP contribution in [-0.2, 0) is 4.79 Å². The van der Waals surface area contributed by atoms with Crippen molar-refractivity contribution < 1.29 is 4.79 Å². The number of carbonyl (C=O) groups excluding carboxylic acids is 1. The van der Waals surface area contributed by atoms with Crippen LogP contribution in [0.2, 0.25) is 0 Å². The molecule has 0 saturated carbocycles. The minimum absolute atomic E-state index is 0.126. The maximum atomic E-state index is 12.2. The Bertz CT molecular complexity index is 271. The summed E-state index contributed by atoms with van der Waals surface area (Å²) in [7, 11) is 0. The SMILES string of the molecule is CCCCN1CCC(NC(=O)C(C)(C)NCC)CC1. The van der Waals surface area contributed by atoms with Crippen LogP contribution in [-0.4, -0.2) is 48.6 Å². The van der Waals surface area contributed by atoms with Gasteiger partial charge in [0, 0.05) is 19.1 Å². The van der Waals surface area contributed by atoms with E-state index in [1.807, 2.05) is 20.8 Å². The number of carbonyl (C=O) groups is 1. The summed E-state index contributed by atoms with van der Waals surface area (Å²) in [6, 6.07) is 0.350. The predicted molar refractivity (Wildman–Crippen MR) is 80.3 cm³/mol. The lowest BCUT2D eigenvalue weighted by molar-refractivity contribution is -0.127. The molecule has 2 N–H and O–H groups in total. The molecule has 1 saturated heterocycles. The van der Waals surface area contributed by atoms with Gasteiger partial charge in [0.1, 0.15) is 0 Å². The summed E-state index contributed by atoms with van der Waals surface area (Å²) in [6.45, 7) is 12.4. The van der Waals surface area contributed by atoms with Crippen LogP contribution in [0.5, 0.6) is 0 Å². The van der Waals surface area contributed by atoms with Crippen molar-refractivity contribution in [3.63, 3.8) is 0 Å². The molecule has 4 heteroatoms. The second kappa shape index (κ2) is 7.85. The fourth-order valence-electron chi connectivity index (χ4n) is 2.57. The third-order valence-electron chi connectivity index (χ3n) is 3.94. The summed E-state index contributed by atoms with van der Waals surface area (Å²) in [5.41, 5.74) is -0.464. The minimum atomic E-state index is -0.464. The van der Waals surface area contributed by atoms with Crippen molar-refractivity contribution in [3.8, 4) is 0 Å². The Labute approximate surface area is 118 Å². The third-order valence-corrected chi connectivity index (χ3v) is 3.94. The Morgan fingerprint density at radius 3 is 2.42 bits per heavy atom. The van der Waals surface area contributed by atoms with Gasteiger partial charge in [0.25, 0.3) is 0 Å². The van der Waals surface area contributed by atoms with Gasteiger partial charge in [0.15, 0.2) is 0 Å². The Balaban J connectivity index is 2.30. The first-order valence-electron chi connectivity index (χ1n) is 7.78. The van der Waals surface area contributed by atoms with Crippen LogP contribution in [0.1, 0.15) is 53.4 Å². The molecule has 1 rings (SSSR count). The molecule has 0 bridgehead atoms. The molecule has 1 amide bonds. The summed E-state index contributed by atoms with van der Waals surface area (Å²) < 4.78 is 0. The van der Waals surface area contributed by atoms with Crippen molar-refractivity contribution >= 4 is 5.91 Å². The lowest BCUT2D eigenvalue weighted by Gasteiger charge is -2.34.